The number of anilines is 1. The molecule has 0 aliphatic carbocycles. The second-order valence-electron chi connectivity index (χ2n) is 5.52. The Hall–Kier alpha value is -3.51. The number of rotatable bonds is 4. The number of halogens is 8. The molecular weight excluding hydrogens is 430 g/mol. The lowest BCUT2D eigenvalue weighted by Gasteiger charge is -2.10. The number of amides is 1. The van der Waals surface area contributed by atoms with Gasteiger partial charge in [0.25, 0.3) is 5.91 Å². The molecule has 0 aromatic heterocycles. The molecule has 1 amide bonds. The number of aliphatic hydroxyl groups is 1. The van der Waals surface area contributed by atoms with Crippen molar-refractivity contribution < 1.29 is 45.0 Å². The SMILES string of the molecule is O=C(Nc1ccc(F)cc1F)C(N=Nc1cccc(C(F)(F)F)c1)=C(O)C(F)(F)F. The predicted octanol–water partition coefficient (Wildman–Crippen LogP) is 6.04. The molecule has 30 heavy (non-hydrogen) atoms. The Kier molecular flexibility index (Phi) is 6.43. The van der Waals surface area contributed by atoms with Gasteiger partial charge < -0.3 is 10.4 Å². The third kappa shape index (κ3) is 5.75. The molecule has 13 heteroatoms. The minimum Gasteiger partial charge on any atom is -0.503 e. The van der Waals surface area contributed by atoms with Crippen LogP contribution < -0.4 is 5.32 Å². The summed E-state index contributed by atoms with van der Waals surface area (Å²) in [7, 11) is 0. The summed E-state index contributed by atoms with van der Waals surface area (Å²) in [5.74, 6) is -6.71. The van der Waals surface area contributed by atoms with Crippen molar-refractivity contribution in [3.05, 3.63) is 71.1 Å². The van der Waals surface area contributed by atoms with E-state index in [1.807, 2.05) is 0 Å². The van der Waals surface area contributed by atoms with E-state index in [1.165, 1.54) is 0 Å². The van der Waals surface area contributed by atoms with Crippen LogP contribution in [0.5, 0.6) is 0 Å². The predicted molar refractivity (Wildman–Crippen MR) is 86.7 cm³/mol. The lowest BCUT2D eigenvalue weighted by atomic mass is 10.2. The highest BCUT2D eigenvalue weighted by Crippen LogP contribution is 2.32. The van der Waals surface area contributed by atoms with Gasteiger partial charge in [0.05, 0.1) is 16.9 Å². The number of benzene rings is 2. The zero-order valence-corrected chi connectivity index (χ0v) is 14.3. The van der Waals surface area contributed by atoms with Gasteiger partial charge in [0.1, 0.15) is 11.6 Å². The number of nitrogens with zero attached hydrogens (tertiary/aromatic N) is 2. The molecular formula is C17H9F8N3O2. The largest absolute Gasteiger partial charge is 0.503 e. The molecule has 2 aromatic rings. The molecule has 0 atom stereocenters. The fourth-order valence-electron chi connectivity index (χ4n) is 1.96. The molecule has 2 aromatic carbocycles. The van der Waals surface area contributed by atoms with E-state index >= 15 is 0 Å². The number of hydrogen-bond donors (Lipinski definition) is 2. The lowest BCUT2D eigenvalue weighted by molar-refractivity contribution is -0.137. The first-order valence-corrected chi connectivity index (χ1v) is 7.65. The number of azo groups is 1. The van der Waals surface area contributed by atoms with Crippen molar-refractivity contribution >= 4 is 17.3 Å². The highest BCUT2D eigenvalue weighted by atomic mass is 19.4. The van der Waals surface area contributed by atoms with Crippen LogP contribution in [0, 0.1) is 11.6 Å². The Balaban J connectivity index is 2.42. The molecule has 0 radical (unpaired) electrons. The van der Waals surface area contributed by atoms with Gasteiger partial charge in [0, 0.05) is 6.07 Å². The summed E-state index contributed by atoms with van der Waals surface area (Å²) in [6.45, 7) is 0. The normalized spacial score (nSPS) is 13.3. The number of allylic oxidation sites excluding steroid dienone is 1. The fourth-order valence-corrected chi connectivity index (χ4v) is 1.96. The molecule has 2 rings (SSSR count). The van der Waals surface area contributed by atoms with Crippen LogP contribution in [0.1, 0.15) is 5.56 Å². The molecule has 0 aliphatic rings. The number of nitrogens with one attached hydrogen (secondary N) is 1. The minimum absolute atomic E-state index is 0.326. The van der Waals surface area contributed by atoms with Crippen molar-refractivity contribution in [1.29, 1.82) is 0 Å². The smallest absolute Gasteiger partial charge is 0.451 e. The van der Waals surface area contributed by atoms with E-state index in [0.717, 1.165) is 12.1 Å². The van der Waals surface area contributed by atoms with E-state index in [4.69, 9.17) is 0 Å². The van der Waals surface area contributed by atoms with Gasteiger partial charge in [-0.2, -0.15) is 31.5 Å². The van der Waals surface area contributed by atoms with Crippen LogP contribution in [0.15, 0.2) is 64.1 Å². The zero-order chi connectivity index (χ0) is 22.7. The van der Waals surface area contributed by atoms with Gasteiger partial charge in [-0.15, -0.1) is 5.11 Å². The van der Waals surface area contributed by atoms with Gasteiger partial charge in [0.2, 0.25) is 5.76 Å². The Morgan fingerprint density at radius 3 is 2.20 bits per heavy atom. The summed E-state index contributed by atoms with van der Waals surface area (Å²) >= 11 is 0. The standard InChI is InChI=1S/C17H9F8N3O2/c18-9-4-5-12(11(19)7-9)26-15(30)13(14(29)17(23,24)25)28-27-10-3-1-2-8(6-10)16(20,21)22/h1-7,29H,(H,26,30). The summed E-state index contributed by atoms with van der Waals surface area (Å²) in [5, 5.41) is 16.9. The van der Waals surface area contributed by atoms with E-state index in [2.05, 4.69) is 10.2 Å². The molecule has 160 valence electrons. The summed E-state index contributed by atoms with van der Waals surface area (Å²) < 4.78 is 103. The van der Waals surface area contributed by atoms with Crippen molar-refractivity contribution in [2.45, 2.75) is 12.4 Å². The van der Waals surface area contributed by atoms with Gasteiger partial charge in [-0.1, -0.05) is 6.07 Å². The first kappa shape index (κ1) is 22.8. The van der Waals surface area contributed by atoms with Crippen LogP contribution in [0.3, 0.4) is 0 Å². The first-order valence-electron chi connectivity index (χ1n) is 7.65. The Bertz CT molecular complexity index is 1010. The second kappa shape index (κ2) is 8.47. The van der Waals surface area contributed by atoms with E-state index in [0.29, 0.717) is 30.3 Å². The molecule has 0 saturated heterocycles. The lowest BCUT2D eigenvalue weighted by Crippen LogP contribution is -2.21. The van der Waals surface area contributed by atoms with Crippen molar-refractivity contribution in [3.8, 4) is 0 Å². The Morgan fingerprint density at radius 1 is 0.967 bits per heavy atom. The molecule has 2 N–H and O–H groups in total. The minimum atomic E-state index is -5.49. The maximum atomic E-state index is 13.6. The van der Waals surface area contributed by atoms with Crippen molar-refractivity contribution in [3.63, 3.8) is 0 Å². The monoisotopic (exact) mass is 439 g/mol. The third-order valence-corrected chi connectivity index (χ3v) is 3.33. The van der Waals surface area contributed by atoms with Gasteiger partial charge in [-0.25, -0.2) is 8.78 Å². The van der Waals surface area contributed by atoms with Crippen molar-refractivity contribution in [1.82, 2.24) is 0 Å². The third-order valence-electron chi connectivity index (χ3n) is 3.33. The van der Waals surface area contributed by atoms with E-state index < -0.39 is 58.3 Å². The fraction of sp³-hybridized carbons (Fsp3) is 0.118. The van der Waals surface area contributed by atoms with Crippen LogP contribution in [0.25, 0.3) is 0 Å². The highest BCUT2D eigenvalue weighted by molar-refractivity contribution is 6.03. The van der Waals surface area contributed by atoms with Gasteiger partial charge in [-0.05, 0) is 30.3 Å². The molecule has 0 aliphatic heterocycles. The van der Waals surface area contributed by atoms with Gasteiger partial charge in [-0.3, -0.25) is 4.79 Å². The topological polar surface area (TPSA) is 74.0 Å². The van der Waals surface area contributed by atoms with E-state index in [-0.39, 0.29) is 0 Å². The summed E-state index contributed by atoms with van der Waals surface area (Å²) in [6, 6.07) is 4.63. The highest BCUT2D eigenvalue weighted by Gasteiger charge is 2.39. The number of carbonyl (C=O) groups excluding carboxylic acids is 1. The Labute approximate surface area is 162 Å². The van der Waals surface area contributed by atoms with E-state index in [9.17, 15) is 45.0 Å². The maximum Gasteiger partial charge on any atom is 0.451 e. The molecule has 5 nitrogen and oxygen atoms in total. The average molecular weight is 439 g/mol. The maximum absolute atomic E-state index is 13.6. The summed E-state index contributed by atoms with van der Waals surface area (Å²) in [6.07, 6.45) is -10.3. The average Bonchev–Trinajstić information content (AvgIpc) is 2.63. The molecule has 0 heterocycles. The van der Waals surface area contributed by atoms with E-state index in [1.54, 1.807) is 5.32 Å². The van der Waals surface area contributed by atoms with Crippen LogP contribution in [-0.2, 0) is 11.0 Å². The molecule has 0 fully saturated rings. The van der Waals surface area contributed by atoms with Crippen LogP contribution >= 0.6 is 0 Å². The van der Waals surface area contributed by atoms with Crippen molar-refractivity contribution in [2.75, 3.05) is 5.32 Å². The second-order valence-corrected chi connectivity index (χ2v) is 5.52. The molecule has 0 spiro atoms. The molecule has 0 saturated carbocycles. The number of aliphatic hydroxyl groups excluding tert-OH is 1. The van der Waals surface area contributed by atoms with Crippen molar-refractivity contribution in [2.24, 2.45) is 10.2 Å². The Morgan fingerprint density at radius 2 is 1.63 bits per heavy atom. The van der Waals surface area contributed by atoms with Crippen LogP contribution in [0.2, 0.25) is 0 Å². The quantitative estimate of drug-likeness (QED) is 0.264. The molecule has 0 bridgehead atoms. The number of carbonyl (C=O) groups is 1. The number of alkyl halides is 6. The summed E-state index contributed by atoms with van der Waals surface area (Å²) in [4.78, 5) is 12.1. The van der Waals surface area contributed by atoms with Gasteiger partial charge >= 0.3 is 12.4 Å². The molecule has 0 unspecified atom stereocenters. The summed E-state index contributed by atoms with van der Waals surface area (Å²) in [5.41, 5.74) is -4.29. The number of hydrogen-bond acceptors (Lipinski definition) is 4. The van der Waals surface area contributed by atoms with Crippen LogP contribution in [-0.4, -0.2) is 17.2 Å². The zero-order valence-electron chi connectivity index (χ0n) is 14.3. The van der Waals surface area contributed by atoms with Crippen LogP contribution in [0.4, 0.5) is 46.5 Å². The van der Waals surface area contributed by atoms with Gasteiger partial charge in [0.15, 0.2) is 5.70 Å². The first-order chi connectivity index (χ1) is 13.8.